The maximum absolute atomic E-state index is 13.0. The van der Waals surface area contributed by atoms with Gasteiger partial charge in [0.1, 0.15) is 5.82 Å². The van der Waals surface area contributed by atoms with Crippen LogP contribution in [0.3, 0.4) is 0 Å². The molecule has 3 N–H and O–H groups in total. The molecule has 0 saturated carbocycles. The summed E-state index contributed by atoms with van der Waals surface area (Å²) in [5.41, 5.74) is 6.86. The highest BCUT2D eigenvalue weighted by atomic mass is 35.5. The average Bonchev–Trinajstić information content (AvgIpc) is 2.37. The molecule has 1 rings (SSSR count). The smallest absolute Gasteiger partial charge is 0.222 e. The van der Waals surface area contributed by atoms with E-state index in [2.05, 4.69) is 5.32 Å². The molecule has 1 aromatic carbocycles. The number of benzene rings is 1. The van der Waals surface area contributed by atoms with Gasteiger partial charge >= 0.3 is 0 Å². The number of nitrogens with one attached hydrogen (secondary N) is 1. The summed E-state index contributed by atoms with van der Waals surface area (Å²) in [5, 5.41) is 2.75. The van der Waals surface area contributed by atoms with Crippen LogP contribution in [0.4, 0.5) is 4.39 Å². The lowest BCUT2D eigenvalue weighted by atomic mass is 10.1. The van der Waals surface area contributed by atoms with Crippen LogP contribution >= 0.6 is 12.4 Å². The molecule has 0 aliphatic rings. The van der Waals surface area contributed by atoms with E-state index in [9.17, 15) is 9.18 Å². The molecule has 1 atom stereocenters. The van der Waals surface area contributed by atoms with Gasteiger partial charge in [-0.1, -0.05) is 12.1 Å². The molecule has 6 heteroatoms. The maximum atomic E-state index is 13.0. The third kappa shape index (κ3) is 6.00. The molecule has 0 fully saturated rings. The van der Waals surface area contributed by atoms with Crippen LogP contribution < -0.4 is 11.1 Å². The number of ether oxygens (including phenoxy) is 1. The summed E-state index contributed by atoms with van der Waals surface area (Å²) >= 11 is 0. The van der Waals surface area contributed by atoms with Crippen molar-refractivity contribution >= 4 is 18.3 Å². The fourth-order valence-corrected chi connectivity index (χ4v) is 1.56. The van der Waals surface area contributed by atoms with Gasteiger partial charge in [-0.05, 0) is 24.1 Å². The first kappa shape index (κ1) is 17.8. The molecule has 0 radical (unpaired) electrons. The van der Waals surface area contributed by atoms with E-state index in [1.54, 1.807) is 19.1 Å². The molecule has 1 unspecified atom stereocenters. The summed E-state index contributed by atoms with van der Waals surface area (Å²) < 4.78 is 18.1. The first-order chi connectivity index (χ1) is 8.56. The zero-order valence-corrected chi connectivity index (χ0v) is 11.9. The van der Waals surface area contributed by atoms with E-state index in [0.717, 1.165) is 5.56 Å². The molecule has 0 heterocycles. The minimum absolute atomic E-state index is 0. The van der Waals surface area contributed by atoms with E-state index in [-0.39, 0.29) is 36.7 Å². The van der Waals surface area contributed by atoms with E-state index in [1.807, 2.05) is 0 Å². The number of carbonyl (C=O) groups is 1. The first-order valence-electron chi connectivity index (χ1n) is 5.81. The van der Waals surface area contributed by atoms with Crippen LogP contribution in [0.5, 0.6) is 0 Å². The quantitative estimate of drug-likeness (QED) is 0.835. The lowest BCUT2D eigenvalue weighted by Gasteiger charge is -2.12. The van der Waals surface area contributed by atoms with Gasteiger partial charge in [0.05, 0.1) is 12.5 Å². The van der Waals surface area contributed by atoms with Crippen molar-refractivity contribution < 1.29 is 13.9 Å². The number of methoxy groups -OCH3 is 1. The molecule has 4 nitrogen and oxygen atoms in total. The summed E-state index contributed by atoms with van der Waals surface area (Å²) in [4.78, 5) is 11.6. The highest BCUT2D eigenvalue weighted by Crippen LogP contribution is 2.09. The van der Waals surface area contributed by atoms with Gasteiger partial charge in [0.2, 0.25) is 5.91 Å². The van der Waals surface area contributed by atoms with Crippen LogP contribution in [-0.4, -0.2) is 25.7 Å². The molecule has 0 aromatic heterocycles. The van der Waals surface area contributed by atoms with E-state index < -0.39 is 0 Å². The number of hydrogen-bond donors (Lipinski definition) is 2. The molecule has 108 valence electrons. The maximum Gasteiger partial charge on any atom is 0.222 e. The number of amides is 1. The Bertz CT molecular complexity index is 412. The molecule has 1 amide bonds. The van der Waals surface area contributed by atoms with E-state index in [1.165, 1.54) is 13.2 Å². The van der Waals surface area contributed by atoms with Crippen LogP contribution in [0.1, 0.15) is 17.5 Å². The number of halogens is 2. The summed E-state index contributed by atoms with van der Waals surface area (Å²) in [7, 11) is 1.52. The molecular weight excluding hydrogens is 271 g/mol. The van der Waals surface area contributed by atoms with Crippen molar-refractivity contribution in [3.8, 4) is 0 Å². The molecule has 0 spiro atoms. The average molecular weight is 291 g/mol. The number of aryl methyl sites for hydroxylation is 1. The predicted octanol–water partition coefficient (Wildman–Crippen LogP) is 1.54. The standard InChI is InChI=1S/C13H19FN2O2.ClH/c1-9-5-10(3-4-12(9)14)8-16-13(17)6-11(7-15)18-2;/h3-5,11H,6-8,15H2,1-2H3,(H,16,17);1H. The minimum atomic E-state index is -0.264. The molecule has 0 bridgehead atoms. The van der Waals surface area contributed by atoms with Crippen LogP contribution in [0.2, 0.25) is 0 Å². The lowest BCUT2D eigenvalue weighted by Crippen LogP contribution is -2.31. The fourth-order valence-electron chi connectivity index (χ4n) is 1.56. The largest absolute Gasteiger partial charge is 0.380 e. The Morgan fingerprint density at radius 1 is 1.53 bits per heavy atom. The van der Waals surface area contributed by atoms with Crippen LogP contribution in [0.25, 0.3) is 0 Å². The Morgan fingerprint density at radius 3 is 2.74 bits per heavy atom. The second-order valence-electron chi connectivity index (χ2n) is 4.16. The van der Waals surface area contributed by atoms with Gasteiger partial charge in [0.25, 0.3) is 0 Å². The number of carbonyl (C=O) groups excluding carboxylic acids is 1. The van der Waals surface area contributed by atoms with Crippen LogP contribution in [-0.2, 0) is 16.1 Å². The third-order valence-corrected chi connectivity index (χ3v) is 2.72. The summed E-state index contributed by atoms with van der Waals surface area (Å²) in [6.45, 7) is 2.37. The van der Waals surface area contributed by atoms with Crippen LogP contribution in [0, 0.1) is 12.7 Å². The van der Waals surface area contributed by atoms with E-state index in [0.29, 0.717) is 18.7 Å². The van der Waals surface area contributed by atoms with Crippen molar-refractivity contribution in [2.75, 3.05) is 13.7 Å². The molecule has 19 heavy (non-hydrogen) atoms. The third-order valence-electron chi connectivity index (χ3n) is 2.72. The molecule has 1 aromatic rings. The van der Waals surface area contributed by atoms with Gasteiger partial charge in [0.15, 0.2) is 0 Å². The summed E-state index contributed by atoms with van der Waals surface area (Å²) in [6.07, 6.45) is -0.0346. The number of nitrogens with two attached hydrogens (primary N) is 1. The van der Waals surface area contributed by atoms with E-state index >= 15 is 0 Å². The topological polar surface area (TPSA) is 64.3 Å². The Labute approximate surface area is 118 Å². The van der Waals surface area contributed by atoms with Gasteiger partial charge < -0.3 is 15.8 Å². The van der Waals surface area contributed by atoms with Gasteiger partial charge in [-0.3, -0.25) is 4.79 Å². The fraction of sp³-hybridized carbons (Fsp3) is 0.462. The normalized spacial score (nSPS) is 11.6. The summed E-state index contributed by atoms with van der Waals surface area (Å²) in [5.74, 6) is -0.373. The van der Waals surface area contributed by atoms with Gasteiger partial charge in [-0.2, -0.15) is 0 Å². The summed E-state index contributed by atoms with van der Waals surface area (Å²) in [6, 6.07) is 4.76. The lowest BCUT2D eigenvalue weighted by molar-refractivity contribution is -0.123. The monoisotopic (exact) mass is 290 g/mol. The highest BCUT2D eigenvalue weighted by Gasteiger charge is 2.11. The van der Waals surface area contributed by atoms with Crippen molar-refractivity contribution in [1.29, 1.82) is 0 Å². The molecular formula is C13H20ClFN2O2. The van der Waals surface area contributed by atoms with Crippen molar-refractivity contribution in [2.24, 2.45) is 5.73 Å². The second-order valence-corrected chi connectivity index (χ2v) is 4.16. The van der Waals surface area contributed by atoms with Gasteiger partial charge in [-0.25, -0.2) is 4.39 Å². The number of hydrogen-bond acceptors (Lipinski definition) is 3. The van der Waals surface area contributed by atoms with Crippen molar-refractivity contribution in [3.05, 3.63) is 35.1 Å². The molecule has 0 aliphatic heterocycles. The molecule has 0 aliphatic carbocycles. The van der Waals surface area contributed by atoms with Gasteiger partial charge in [-0.15, -0.1) is 12.4 Å². The zero-order valence-electron chi connectivity index (χ0n) is 11.1. The van der Waals surface area contributed by atoms with Gasteiger partial charge in [0, 0.05) is 20.2 Å². The highest BCUT2D eigenvalue weighted by molar-refractivity contribution is 5.85. The van der Waals surface area contributed by atoms with Crippen molar-refractivity contribution in [1.82, 2.24) is 5.32 Å². The first-order valence-corrected chi connectivity index (χ1v) is 5.81. The zero-order chi connectivity index (χ0) is 13.5. The second kappa shape index (κ2) is 8.85. The minimum Gasteiger partial charge on any atom is -0.380 e. The Kier molecular flexibility index (Phi) is 8.30. The number of rotatable bonds is 6. The van der Waals surface area contributed by atoms with Crippen molar-refractivity contribution in [2.45, 2.75) is 26.0 Å². The van der Waals surface area contributed by atoms with Crippen LogP contribution in [0.15, 0.2) is 18.2 Å². The SMILES string of the molecule is COC(CN)CC(=O)NCc1ccc(F)c(C)c1.Cl. The predicted molar refractivity (Wildman–Crippen MR) is 74.7 cm³/mol. The molecule has 0 saturated heterocycles. The Hall–Kier alpha value is -1.17. The van der Waals surface area contributed by atoms with E-state index in [4.69, 9.17) is 10.5 Å². The van der Waals surface area contributed by atoms with Crippen molar-refractivity contribution in [3.63, 3.8) is 0 Å². The Balaban J connectivity index is 0.00000324. The Morgan fingerprint density at radius 2 is 2.21 bits per heavy atom.